The van der Waals surface area contributed by atoms with E-state index in [-0.39, 0.29) is 11.8 Å². The average Bonchev–Trinajstić information content (AvgIpc) is 3.29. The van der Waals surface area contributed by atoms with Gasteiger partial charge in [-0.1, -0.05) is 66.2 Å². The maximum Gasteiger partial charge on any atom is 0.251 e. The van der Waals surface area contributed by atoms with E-state index in [1.165, 1.54) is 10.8 Å². The van der Waals surface area contributed by atoms with E-state index in [0.29, 0.717) is 17.0 Å². The number of Topliss-reactive ketones (excluding diaryl/α,β-unsaturated/α-hetero) is 1. The maximum atomic E-state index is 13.4. The van der Waals surface area contributed by atoms with Crippen LogP contribution >= 0.6 is 11.6 Å². The molecule has 0 amide bonds. The van der Waals surface area contributed by atoms with Gasteiger partial charge in [0.05, 0.1) is 11.8 Å². The van der Waals surface area contributed by atoms with Crippen LogP contribution in [-0.4, -0.2) is 22.7 Å². The highest BCUT2D eigenvalue weighted by atomic mass is 35.5. The molecule has 4 nitrogen and oxygen atoms in total. The van der Waals surface area contributed by atoms with E-state index in [1.807, 2.05) is 35.3 Å². The van der Waals surface area contributed by atoms with Crippen LogP contribution in [0.25, 0.3) is 10.8 Å². The molecule has 32 heavy (non-hydrogen) atoms. The summed E-state index contributed by atoms with van der Waals surface area (Å²) in [6.07, 6.45) is -0.114. The molecule has 5 heteroatoms. The van der Waals surface area contributed by atoms with E-state index in [2.05, 4.69) is 36.4 Å². The molecule has 0 bridgehead atoms. The van der Waals surface area contributed by atoms with Gasteiger partial charge in [0, 0.05) is 22.6 Å². The van der Waals surface area contributed by atoms with Gasteiger partial charge in [0.25, 0.3) is 6.23 Å². The predicted molar refractivity (Wildman–Crippen MR) is 126 cm³/mol. The number of benzene rings is 4. The van der Waals surface area contributed by atoms with Crippen molar-refractivity contribution in [2.75, 3.05) is 0 Å². The SMILES string of the molecule is O=C(c1ccc(Cl)cc1)[C@@H]1Oc2ccccc2[C@H]2CC(c3ccc4ccccc4c3)=NN21. The molecule has 6 rings (SSSR count). The molecule has 2 aliphatic heterocycles. The number of hydrazone groups is 1. The van der Waals surface area contributed by atoms with Crippen LogP contribution in [0.1, 0.15) is 33.9 Å². The standard InChI is InChI=1S/C27H19ClN2O2/c28-21-13-11-18(12-14-21)26(31)27-30-24(22-7-3-4-8-25(22)32-27)16-23(29-30)20-10-9-17-5-1-2-6-19(17)15-20/h1-15,24,27H,16H2/t24-,27+/m1/s1. The summed E-state index contributed by atoms with van der Waals surface area (Å²) in [5.74, 6) is 0.598. The summed E-state index contributed by atoms with van der Waals surface area (Å²) in [6, 6.07) is 29.4. The van der Waals surface area contributed by atoms with Crippen LogP contribution in [-0.2, 0) is 0 Å². The first-order chi connectivity index (χ1) is 15.7. The molecule has 0 fully saturated rings. The molecule has 0 aromatic heterocycles. The van der Waals surface area contributed by atoms with Gasteiger partial charge in [0.2, 0.25) is 5.78 Å². The minimum atomic E-state index is -0.825. The number of nitrogens with zero attached hydrogens (tertiary/aromatic N) is 2. The van der Waals surface area contributed by atoms with Crippen molar-refractivity contribution in [2.45, 2.75) is 18.7 Å². The third-order valence-electron chi connectivity index (χ3n) is 6.13. The van der Waals surface area contributed by atoms with Gasteiger partial charge in [0.1, 0.15) is 5.75 Å². The van der Waals surface area contributed by atoms with Gasteiger partial charge in [-0.05, 0) is 52.7 Å². The molecule has 0 aliphatic carbocycles. The summed E-state index contributed by atoms with van der Waals surface area (Å²) in [5.41, 5.74) is 3.61. The number of halogens is 1. The van der Waals surface area contributed by atoms with Crippen molar-refractivity contribution in [3.8, 4) is 5.75 Å². The molecule has 0 unspecified atom stereocenters. The number of hydrogen-bond acceptors (Lipinski definition) is 4. The zero-order chi connectivity index (χ0) is 21.7. The second kappa shape index (κ2) is 7.50. The van der Waals surface area contributed by atoms with Crippen LogP contribution in [0.5, 0.6) is 5.75 Å². The highest BCUT2D eigenvalue weighted by Gasteiger charge is 2.43. The summed E-state index contributed by atoms with van der Waals surface area (Å²) in [5, 5.41) is 9.68. The summed E-state index contributed by atoms with van der Waals surface area (Å²) in [4.78, 5) is 13.4. The van der Waals surface area contributed by atoms with E-state index in [9.17, 15) is 4.79 Å². The zero-order valence-corrected chi connectivity index (χ0v) is 17.9. The predicted octanol–water partition coefficient (Wildman–Crippen LogP) is 6.25. The number of ketones is 1. The van der Waals surface area contributed by atoms with Gasteiger partial charge in [0.15, 0.2) is 0 Å². The van der Waals surface area contributed by atoms with Crippen molar-refractivity contribution in [1.82, 2.24) is 5.01 Å². The number of fused-ring (bicyclic) bond motifs is 4. The first-order valence-corrected chi connectivity index (χ1v) is 11.0. The lowest BCUT2D eigenvalue weighted by Crippen LogP contribution is -2.45. The number of rotatable bonds is 3. The fraction of sp³-hybridized carbons (Fsp3) is 0.111. The summed E-state index contributed by atoms with van der Waals surface area (Å²) in [6.45, 7) is 0. The number of carbonyl (C=O) groups is 1. The van der Waals surface area contributed by atoms with Gasteiger partial charge >= 0.3 is 0 Å². The van der Waals surface area contributed by atoms with E-state index in [1.54, 1.807) is 24.3 Å². The molecule has 0 spiro atoms. The van der Waals surface area contributed by atoms with Gasteiger partial charge in [-0.15, -0.1) is 0 Å². The molecule has 0 saturated heterocycles. The fourth-order valence-corrected chi connectivity index (χ4v) is 4.63. The third-order valence-corrected chi connectivity index (χ3v) is 6.39. The molecule has 0 saturated carbocycles. The topological polar surface area (TPSA) is 41.9 Å². The molecular formula is C27H19ClN2O2. The Morgan fingerprint density at radius 2 is 1.66 bits per heavy atom. The van der Waals surface area contributed by atoms with Gasteiger partial charge in [-0.3, -0.25) is 4.79 Å². The smallest absolute Gasteiger partial charge is 0.251 e. The average molecular weight is 439 g/mol. The Morgan fingerprint density at radius 3 is 2.50 bits per heavy atom. The largest absolute Gasteiger partial charge is 0.461 e. The van der Waals surface area contributed by atoms with Crippen LogP contribution in [0.3, 0.4) is 0 Å². The van der Waals surface area contributed by atoms with Crippen LogP contribution < -0.4 is 4.74 Å². The molecule has 4 aromatic carbocycles. The second-order valence-corrected chi connectivity index (χ2v) is 8.52. The quantitative estimate of drug-likeness (QED) is 0.355. The molecule has 2 atom stereocenters. The van der Waals surface area contributed by atoms with Crippen molar-refractivity contribution in [3.63, 3.8) is 0 Å². The van der Waals surface area contributed by atoms with Gasteiger partial charge < -0.3 is 4.74 Å². The minimum absolute atomic E-state index is 0.0531. The Bertz CT molecular complexity index is 1380. The Kier molecular flexibility index (Phi) is 4.47. The lowest BCUT2D eigenvalue weighted by atomic mass is 9.95. The molecule has 0 radical (unpaired) electrons. The summed E-state index contributed by atoms with van der Waals surface area (Å²) in [7, 11) is 0. The Labute approximate surface area is 190 Å². The second-order valence-electron chi connectivity index (χ2n) is 8.09. The van der Waals surface area contributed by atoms with Crippen LogP contribution in [0.2, 0.25) is 5.02 Å². The number of hydrogen-bond donors (Lipinski definition) is 0. The van der Waals surface area contributed by atoms with E-state index < -0.39 is 6.23 Å². The molecule has 0 N–H and O–H groups in total. The Hall–Kier alpha value is -3.63. The zero-order valence-electron chi connectivity index (χ0n) is 17.1. The third kappa shape index (κ3) is 3.15. The Morgan fingerprint density at radius 1 is 0.906 bits per heavy atom. The lowest BCUT2D eigenvalue weighted by molar-refractivity contribution is -0.00455. The van der Waals surface area contributed by atoms with Gasteiger partial charge in [-0.25, -0.2) is 5.01 Å². The minimum Gasteiger partial charge on any atom is -0.461 e. The van der Waals surface area contributed by atoms with Crippen molar-refractivity contribution < 1.29 is 9.53 Å². The van der Waals surface area contributed by atoms with E-state index in [4.69, 9.17) is 21.4 Å². The summed E-state index contributed by atoms with van der Waals surface area (Å²) >= 11 is 6.01. The van der Waals surface area contributed by atoms with Gasteiger partial charge in [-0.2, -0.15) is 5.10 Å². The van der Waals surface area contributed by atoms with Crippen molar-refractivity contribution in [3.05, 3.63) is 113 Å². The number of carbonyl (C=O) groups excluding carboxylic acids is 1. The molecule has 156 valence electrons. The maximum absolute atomic E-state index is 13.4. The first-order valence-electron chi connectivity index (χ1n) is 10.6. The highest BCUT2D eigenvalue weighted by Crippen LogP contribution is 2.43. The lowest BCUT2D eigenvalue weighted by Gasteiger charge is -2.37. The van der Waals surface area contributed by atoms with E-state index in [0.717, 1.165) is 22.6 Å². The molecule has 2 aliphatic rings. The molecule has 2 heterocycles. The first kappa shape index (κ1) is 19.1. The highest BCUT2D eigenvalue weighted by molar-refractivity contribution is 6.30. The normalized spacial score (nSPS) is 19.2. The molecular weight excluding hydrogens is 420 g/mol. The van der Waals surface area contributed by atoms with Crippen LogP contribution in [0.15, 0.2) is 96.1 Å². The number of ether oxygens (including phenoxy) is 1. The molecule has 4 aromatic rings. The fourth-order valence-electron chi connectivity index (χ4n) is 4.51. The van der Waals surface area contributed by atoms with Crippen LogP contribution in [0, 0.1) is 0 Å². The van der Waals surface area contributed by atoms with Crippen LogP contribution in [0.4, 0.5) is 0 Å². The number of para-hydroxylation sites is 1. The van der Waals surface area contributed by atoms with Crippen molar-refractivity contribution in [2.24, 2.45) is 5.10 Å². The Balaban J connectivity index is 1.42. The van der Waals surface area contributed by atoms with Crippen molar-refractivity contribution >= 4 is 33.9 Å². The monoisotopic (exact) mass is 438 g/mol. The van der Waals surface area contributed by atoms with E-state index >= 15 is 0 Å². The summed E-state index contributed by atoms with van der Waals surface area (Å²) < 4.78 is 6.18. The van der Waals surface area contributed by atoms with Crippen molar-refractivity contribution in [1.29, 1.82) is 0 Å².